The smallest absolute Gasteiger partial charge is 0.337 e. The minimum absolute atomic E-state index is 0.176. The minimum Gasteiger partial charge on any atom is -0.497 e. The molecule has 3 rings (SSSR count). The maximum Gasteiger partial charge on any atom is 0.337 e. The number of ether oxygens (including phenoxy) is 2. The fraction of sp³-hybridized carbons (Fsp3) is 0.350. The summed E-state index contributed by atoms with van der Waals surface area (Å²) in [7, 11) is 3.03. The van der Waals surface area contributed by atoms with Crippen molar-refractivity contribution in [3.63, 3.8) is 0 Å². The molecule has 4 nitrogen and oxygen atoms in total. The SMILES string of the molecule is COC(=O)c1ccc(CC2CCc3cc(OC)ccc3C2O)cc1. The molecule has 1 aliphatic carbocycles. The second-order valence-corrected chi connectivity index (χ2v) is 6.20. The van der Waals surface area contributed by atoms with Crippen LogP contribution < -0.4 is 4.74 Å². The van der Waals surface area contributed by atoms with Gasteiger partial charge in [-0.15, -0.1) is 0 Å². The molecule has 2 aromatic carbocycles. The Bertz CT molecular complexity index is 721. The number of aliphatic hydroxyl groups excluding tert-OH is 1. The lowest BCUT2D eigenvalue weighted by Gasteiger charge is -2.30. The van der Waals surface area contributed by atoms with E-state index in [4.69, 9.17) is 9.47 Å². The van der Waals surface area contributed by atoms with E-state index in [1.165, 1.54) is 12.7 Å². The van der Waals surface area contributed by atoms with Gasteiger partial charge in [0.1, 0.15) is 5.75 Å². The van der Waals surface area contributed by atoms with E-state index in [2.05, 4.69) is 0 Å². The number of hydrogen-bond acceptors (Lipinski definition) is 4. The third kappa shape index (κ3) is 3.29. The molecule has 2 unspecified atom stereocenters. The Morgan fingerprint density at radius 2 is 1.92 bits per heavy atom. The van der Waals surface area contributed by atoms with Gasteiger partial charge in [-0.05, 0) is 66.1 Å². The lowest BCUT2D eigenvalue weighted by Crippen LogP contribution is -2.22. The third-order valence-electron chi connectivity index (χ3n) is 4.77. The summed E-state index contributed by atoms with van der Waals surface area (Å²) >= 11 is 0. The first kappa shape index (κ1) is 16.5. The molecule has 0 amide bonds. The molecule has 0 saturated heterocycles. The van der Waals surface area contributed by atoms with Gasteiger partial charge in [-0.25, -0.2) is 4.79 Å². The number of hydrogen-bond donors (Lipinski definition) is 1. The number of fused-ring (bicyclic) bond motifs is 1. The number of carbonyl (C=O) groups is 1. The zero-order valence-corrected chi connectivity index (χ0v) is 14.0. The van der Waals surface area contributed by atoms with Gasteiger partial charge in [0, 0.05) is 0 Å². The van der Waals surface area contributed by atoms with Crippen molar-refractivity contribution in [2.45, 2.75) is 25.4 Å². The van der Waals surface area contributed by atoms with Crippen molar-refractivity contribution >= 4 is 5.97 Å². The standard InChI is InChI=1S/C20H22O4/c1-23-17-9-10-18-15(12-17)7-8-16(19(18)21)11-13-3-5-14(6-4-13)20(22)24-2/h3-6,9-10,12,16,19,21H,7-8,11H2,1-2H3. The van der Waals surface area contributed by atoms with Crippen LogP contribution in [0.4, 0.5) is 0 Å². The molecule has 0 spiro atoms. The highest BCUT2D eigenvalue weighted by Gasteiger charge is 2.28. The molecular weight excluding hydrogens is 304 g/mol. The van der Waals surface area contributed by atoms with Crippen molar-refractivity contribution in [2.24, 2.45) is 5.92 Å². The Labute approximate surface area is 142 Å². The Morgan fingerprint density at radius 3 is 2.58 bits per heavy atom. The summed E-state index contributed by atoms with van der Waals surface area (Å²) < 4.78 is 9.97. The maximum atomic E-state index is 11.5. The molecule has 0 radical (unpaired) electrons. The summed E-state index contributed by atoms with van der Waals surface area (Å²) in [6.45, 7) is 0. The molecule has 4 heteroatoms. The van der Waals surface area contributed by atoms with Crippen LogP contribution in [0.2, 0.25) is 0 Å². The van der Waals surface area contributed by atoms with E-state index in [0.717, 1.165) is 36.1 Å². The van der Waals surface area contributed by atoms with E-state index in [1.807, 2.05) is 30.3 Å². The summed E-state index contributed by atoms with van der Waals surface area (Å²) in [4.78, 5) is 11.5. The molecule has 2 aromatic rings. The predicted octanol–water partition coefficient (Wildman–Crippen LogP) is 3.32. The predicted molar refractivity (Wildman–Crippen MR) is 91.3 cm³/mol. The first-order valence-electron chi connectivity index (χ1n) is 8.14. The molecule has 0 bridgehead atoms. The summed E-state index contributed by atoms with van der Waals surface area (Å²) in [5, 5.41) is 10.7. The first-order chi connectivity index (χ1) is 11.6. The van der Waals surface area contributed by atoms with E-state index in [9.17, 15) is 9.90 Å². The van der Waals surface area contributed by atoms with E-state index in [-0.39, 0.29) is 11.9 Å². The van der Waals surface area contributed by atoms with Crippen LogP contribution in [0.5, 0.6) is 5.75 Å². The number of benzene rings is 2. The van der Waals surface area contributed by atoms with Gasteiger partial charge in [-0.1, -0.05) is 18.2 Å². The summed E-state index contributed by atoms with van der Waals surface area (Å²) in [5.74, 6) is 0.676. The van der Waals surface area contributed by atoms with Crippen LogP contribution in [-0.2, 0) is 17.6 Å². The van der Waals surface area contributed by atoms with E-state index < -0.39 is 6.10 Å². The monoisotopic (exact) mass is 326 g/mol. The van der Waals surface area contributed by atoms with Gasteiger partial charge in [0.25, 0.3) is 0 Å². The molecule has 0 saturated carbocycles. The Balaban J connectivity index is 1.73. The average molecular weight is 326 g/mol. The Kier molecular flexibility index (Phi) is 4.86. The van der Waals surface area contributed by atoms with Gasteiger partial charge in [-0.2, -0.15) is 0 Å². The second kappa shape index (κ2) is 7.05. The number of carbonyl (C=O) groups excluding carboxylic acids is 1. The lowest BCUT2D eigenvalue weighted by molar-refractivity contribution is 0.0600. The molecule has 0 heterocycles. The molecule has 0 aromatic heterocycles. The van der Waals surface area contributed by atoms with Crippen molar-refractivity contribution < 1.29 is 19.4 Å². The van der Waals surface area contributed by atoms with Crippen molar-refractivity contribution in [2.75, 3.05) is 14.2 Å². The van der Waals surface area contributed by atoms with Gasteiger partial charge in [0.2, 0.25) is 0 Å². The quantitative estimate of drug-likeness (QED) is 0.876. The van der Waals surface area contributed by atoms with Crippen LogP contribution >= 0.6 is 0 Å². The normalized spacial score (nSPS) is 19.5. The highest BCUT2D eigenvalue weighted by Crippen LogP contribution is 2.37. The molecule has 126 valence electrons. The van der Waals surface area contributed by atoms with E-state index in [0.29, 0.717) is 5.56 Å². The number of aliphatic hydroxyl groups is 1. The van der Waals surface area contributed by atoms with Crippen molar-refractivity contribution in [1.82, 2.24) is 0 Å². The van der Waals surface area contributed by atoms with Gasteiger partial charge >= 0.3 is 5.97 Å². The first-order valence-corrected chi connectivity index (χ1v) is 8.14. The molecule has 0 fully saturated rings. The largest absolute Gasteiger partial charge is 0.497 e. The number of methoxy groups -OCH3 is 2. The summed E-state index contributed by atoms with van der Waals surface area (Å²) in [5.41, 5.74) is 3.82. The molecule has 24 heavy (non-hydrogen) atoms. The zero-order chi connectivity index (χ0) is 17.1. The van der Waals surface area contributed by atoms with E-state index in [1.54, 1.807) is 19.2 Å². The highest BCUT2D eigenvalue weighted by atomic mass is 16.5. The van der Waals surface area contributed by atoms with Gasteiger partial charge < -0.3 is 14.6 Å². The summed E-state index contributed by atoms with van der Waals surface area (Å²) in [6.07, 6.45) is 2.18. The zero-order valence-electron chi connectivity index (χ0n) is 14.0. The van der Waals surface area contributed by atoms with Crippen LogP contribution in [0, 0.1) is 5.92 Å². The van der Waals surface area contributed by atoms with Gasteiger partial charge in [0.15, 0.2) is 0 Å². The molecular formula is C20H22O4. The molecule has 1 aliphatic rings. The number of esters is 1. The van der Waals surface area contributed by atoms with Crippen LogP contribution in [0.15, 0.2) is 42.5 Å². The van der Waals surface area contributed by atoms with Crippen LogP contribution in [-0.4, -0.2) is 25.3 Å². The van der Waals surface area contributed by atoms with Crippen molar-refractivity contribution in [3.05, 3.63) is 64.7 Å². The van der Waals surface area contributed by atoms with Gasteiger partial charge in [0.05, 0.1) is 25.9 Å². The molecule has 0 aliphatic heterocycles. The highest BCUT2D eigenvalue weighted by molar-refractivity contribution is 5.89. The Morgan fingerprint density at radius 1 is 1.17 bits per heavy atom. The topological polar surface area (TPSA) is 55.8 Å². The molecule has 1 N–H and O–H groups in total. The van der Waals surface area contributed by atoms with Gasteiger partial charge in [-0.3, -0.25) is 0 Å². The van der Waals surface area contributed by atoms with Crippen LogP contribution in [0.25, 0.3) is 0 Å². The van der Waals surface area contributed by atoms with Crippen molar-refractivity contribution in [1.29, 1.82) is 0 Å². The number of rotatable bonds is 4. The minimum atomic E-state index is -0.472. The average Bonchev–Trinajstić information content (AvgIpc) is 2.63. The fourth-order valence-corrected chi connectivity index (χ4v) is 3.38. The summed E-state index contributed by atoms with van der Waals surface area (Å²) in [6, 6.07) is 13.3. The molecule has 2 atom stereocenters. The Hall–Kier alpha value is -2.33. The maximum absolute atomic E-state index is 11.5. The van der Waals surface area contributed by atoms with E-state index >= 15 is 0 Å². The van der Waals surface area contributed by atoms with Crippen molar-refractivity contribution in [3.8, 4) is 5.75 Å². The van der Waals surface area contributed by atoms with Crippen LogP contribution in [0.1, 0.15) is 39.6 Å². The lowest BCUT2D eigenvalue weighted by atomic mass is 9.78. The number of aryl methyl sites for hydroxylation is 1. The van der Waals surface area contributed by atoms with Crippen LogP contribution in [0.3, 0.4) is 0 Å². The third-order valence-corrected chi connectivity index (χ3v) is 4.77. The fourth-order valence-electron chi connectivity index (χ4n) is 3.38. The second-order valence-electron chi connectivity index (χ2n) is 6.20.